The first-order valence-corrected chi connectivity index (χ1v) is 3.09. The normalized spacial score (nSPS) is 6.50. The number of hydrogen-bond acceptors (Lipinski definition) is 1. The van der Waals surface area contributed by atoms with Crippen LogP contribution in [0.1, 0.15) is 19.8 Å². The van der Waals surface area contributed by atoms with Crippen molar-refractivity contribution >= 4 is 24.8 Å². The van der Waals surface area contributed by atoms with Gasteiger partial charge in [0.2, 0.25) is 0 Å². The third-order valence-corrected chi connectivity index (χ3v) is 1.05. The molecule has 0 fully saturated rings. The Morgan fingerprint density at radius 3 is 2.00 bits per heavy atom. The summed E-state index contributed by atoms with van der Waals surface area (Å²) in [5, 5.41) is 0. The monoisotopic (exact) mass is 192 g/mol. The maximum absolute atomic E-state index is 3.07. The molecule has 1 nitrogen and oxygen atoms in total. The smallest absolute Gasteiger partial charge is 0.147 e. The molecular weight excluding hydrogens is 181 g/mol. The first-order chi connectivity index (χ1) is 2.91. The van der Waals surface area contributed by atoms with Crippen molar-refractivity contribution in [2.75, 3.05) is 6.54 Å². The van der Waals surface area contributed by atoms with E-state index in [0.717, 1.165) is 6.54 Å². The van der Waals surface area contributed by atoms with Crippen LogP contribution in [0.25, 0.3) is 0 Å². The predicted molar refractivity (Wildman–Crippen MR) is 37.4 cm³/mol. The zero-order valence-electron chi connectivity index (χ0n) is 4.94. The molecule has 0 aromatic heterocycles. The molecule has 0 unspecified atom stereocenters. The van der Waals surface area contributed by atoms with Crippen LogP contribution >= 0.6 is 24.8 Å². The molecular formula is C4H12Cl2NTi. The van der Waals surface area contributed by atoms with E-state index in [0.29, 0.717) is 0 Å². The maximum atomic E-state index is 3.07. The Hall–Kier alpha value is 1.25. The van der Waals surface area contributed by atoms with Gasteiger partial charge in [0, 0.05) is 0 Å². The van der Waals surface area contributed by atoms with Gasteiger partial charge in [-0.2, -0.15) is 0 Å². The molecule has 8 heavy (non-hydrogen) atoms. The number of halogens is 2. The Bertz CT molecular complexity index is 26.0. The summed E-state index contributed by atoms with van der Waals surface area (Å²) in [6, 6.07) is 0. The van der Waals surface area contributed by atoms with Crippen LogP contribution < -0.4 is 3.80 Å². The van der Waals surface area contributed by atoms with Crippen LogP contribution in [0.2, 0.25) is 0 Å². The molecule has 0 aliphatic carbocycles. The van der Waals surface area contributed by atoms with E-state index in [-0.39, 0.29) is 24.8 Å². The van der Waals surface area contributed by atoms with E-state index in [1.54, 1.807) is 0 Å². The van der Waals surface area contributed by atoms with Crippen LogP contribution in [0.4, 0.5) is 0 Å². The van der Waals surface area contributed by atoms with E-state index in [1.807, 2.05) is 20.7 Å². The van der Waals surface area contributed by atoms with Gasteiger partial charge in [-0.1, -0.05) is 0 Å². The van der Waals surface area contributed by atoms with E-state index >= 15 is 0 Å². The van der Waals surface area contributed by atoms with Crippen LogP contribution in [-0.2, 0) is 20.7 Å². The van der Waals surface area contributed by atoms with Gasteiger partial charge in [0.25, 0.3) is 0 Å². The molecule has 0 amide bonds. The van der Waals surface area contributed by atoms with Gasteiger partial charge in [0.15, 0.2) is 0 Å². The second kappa shape index (κ2) is 15.7. The molecule has 0 spiro atoms. The zero-order valence-corrected chi connectivity index (χ0v) is 8.13. The molecule has 0 bridgehead atoms. The Morgan fingerprint density at radius 1 is 1.38 bits per heavy atom. The van der Waals surface area contributed by atoms with Gasteiger partial charge >= 0.3 is 50.8 Å². The number of hydrogen-bond donors (Lipinski definition) is 1. The molecule has 0 radical (unpaired) electrons. The SMILES string of the molecule is CCCC[NH][Ti].Cl.Cl. The Balaban J connectivity index is -0.000000125. The number of rotatable bonds is 3. The molecule has 4 heteroatoms. The Labute approximate surface area is 75.5 Å². The van der Waals surface area contributed by atoms with E-state index in [1.165, 1.54) is 12.8 Å². The number of unbranched alkanes of at least 4 members (excludes halogenated alkanes) is 1. The van der Waals surface area contributed by atoms with Gasteiger partial charge in [-0.15, -0.1) is 24.8 Å². The summed E-state index contributed by atoms with van der Waals surface area (Å²) in [5.41, 5.74) is 0. The fourth-order valence-electron chi connectivity index (χ4n) is 0.265. The van der Waals surface area contributed by atoms with Crippen molar-refractivity contribution in [2.24, 2.45) is 0 Å². The quantitative estimate of drug-likeness (QED) is 0.531. The van der Waals surface area contributed by atoms with Gasteiger partial charge < -0.3 is 0 Å². The van der Waals surface area contributed by atoms with Crippen molar-refractivity contribution < 1.29 is 20.7 Å². The second-order valence-electron chi connectivity index (χ2n) is 1.28. The molecule has 0 saturated carbocycles. The molecule has 0 aliphatic heterocycles. The van der Waals surface area contributed by atoms with Crippen molar-refractivity contribution in [3.63, 3.8) is 0 Å². The Morgan fingerprint density at radius 2 is 1.88 bits per heavy atom. The predicted octanol–water partition coefficient (Wildman–Crippen LogP) is 1.68. The van der Waals surface area contributed by atoms with E-state index < -0.39 is 0 Å². The molecule has 0 aliphatic rings. The van der Waals surface area contributed by atoms with Crippen LogP contribution in [0.15, 0.2) is 0 Å². The second-order valence-corrected chi connectivity index (χ2v) is 1.83. The first-order valence-electron chi connectivity index (χ1n) is 2.31. The molecule has 0 saturated heterocycles. The standard InChI is InChI=1S/C4H10N.2ClH.Ti/c1-2-3-4-5;;;/h5H,2-4H2,1H3;2*1H;/q-1;;;+1. The summed E-state index contributed by atoms with van der Waals surface area (Å²) in [7, 11) is 0. The molecule has 0 aromatic carbocycles. The summed E-state index contributed by atoms with van der Waals surface area (Å²) in [6.07, 6.45) is 2.59. The molecule has 0 heterocycles. The third kappa shape index (κ3) is 15.7. The third-order valence-electron chi connectivity index (χ3n) is 0.655. The van der Waals surface area contributed by atoms with E-state index in [4.69, 9.17) is 0 Å². The van der Waals surface area contributed by atoms with Crippen LogP contribution in [0.3, 0.4) is 0 Å². The van der Waals surface area contributed by atoms with Crippen molar-refractivity contribution in [1.82, 2.24) is 3.80 Å². The van der Waals surface area contributed by atoms with Gasteiger partial charge in [0.1, 0.15) is 0 Å². The molecule has 51 valence electrons. The summed E-state index contributed by atoms with van der Waals surface area (Å²) in [4.78, 5) is 0. The molecule has 0 aromatic rings. The van der Waals surface area contributed by atoms with Crippen LogP contribution in [0.5, 0.6) is 0 Å². The van der Waals surface area contributed by atoms with Crippen molar-refractivity contribution in [3.8, 4) is 0 Å². The summed E-state index contributed by atoms with van der Waals surface area (Å²) in [5.74, 6) is 0. The molecule has 0 rings (SSSR count). The largest absolute Gasteiger partial charge is 0.147 e. The maximum Gasteiger partial charge on any atom is -0.147 e. The first kappa shape index (κ1) is 16.1. The van der Waals surface area contributed by atoms with Crippen molar-refractivity contribution in [1.29, 1.82) is 0 Å². The summed E-state index contributed by atoms with van der Waals surface area (Å²) < 4.78 is 3.07. The molecule has 0 atom stereocenters. The summed E-state index contributed by atoms with van der Waals surface area (Å²) in [6.45, 7) is 3.36. The zero-order chi connectivity index (χ0) is 4.83. The average Bonchev–Trinajstić information content (AvgIpc) is 1.61. The van der Waals surface area contributed by atoms with Crippen molar-refractivity contribution in [2.45, 2.75) is 19.8 Å². The fraction of sp³-hybridized carbons (Fsp3) is 1.00. The van der Waals surface area contributed by atoms with Crippen LogP contribution in [0, 0.1) is 0 Å². The Kier molecular flexibility index (Phi) is 31.7. The minimum absolute atomic E-state index is 0. The van der Waals surface area contributed by atoms with Crippen molar-refractivity contribution in [3.05, 3.63) is 0 Å². The van der Waals surface area contributed by atoms with E-state index in [2.05, 4.69) is 10.7 Å². The van der Waals surface area contributed by atoms with Gasteiger partial charge in [0.05, 0.1) is 0 Å². The van der Waals surface area contributed by atoms with Gasteiger partial charge in [-0.3, -0.25) is 0 Å². The minimum atomic E-state index is 0. The van der Waals surface area contributed by atoms with Crippen LogP contribution in [-0.4, -0.2) is 6.54 Å². The molecule has 1 N–H and O–H groups in total. The minimum Gasteiger partial charge on any atom is -0.147 e. The van der Waals surface area contributed by atoms with Gasteiger partial charge in [-0.25, -0.2) is 0 Å². The average molecular weight is 193 g/mol. The topological polar surface area (TPSA) is 12.0 Å². The summed E-state index contributed by atoms with van der Waals surface area (Å²) >= 11 is 1.98. The number of nitrogens with one attached hydrogen (secondary N) is 1. The van der Waals surface area contributed by atoms with Gasteiger partial charge in [-0.05, 0) is 0 Å². The van der Waals surface area contributed by atoms with E-state index in [9.17, 15) is 0 Å². The fourth-order valence-corrected chi connectivity index (χ4v) is 0.541.